The van der Waals surface area contributed by atoms with E-state index in [4.69, 9.17) is 0 Å². The van der Waals surface area contributed by atoms with Crippen molar-refractivity contribution in [1.82, 2.24) is 9.78 Å². The first kappa shape index (κ1) is 14.4. The van der Waals surface area contributed by atoms with Crippen LogP contribution in [0.2, 0.25) is 0 Å². The summed E-state index contributed by atoms with van der Waals surface area (Å²) in [5.74, 6) is 0. The van der Waals surface area contributed by atoms with Crippen LogP contribution in [0.15, 0.2) is 24.3 Å². The van der Waals surface area contributed by atoms with Crippen molar-refractivity contribution in [3.05, 3.63) is 41.6 Å². The van der Waals surface area contributed by atoms with E-state index in [1.165, 1.54) is 7.05 Å². The molecule has 1 radical (unpaired) electrons. The Hall–Kier alpha value is -1.99. The third-order valence-corrected chi connectivity index (χ3v) is 2.69. The third kappa shape index (κ3) is 2.63. The summed E-state index contributed by atoms with van der Waals surface area (Å²) in [6.07, 6.45) is -7.18. The monoisotopic (exact) mass is 293 g/mol. The predicted molar refractivity (Wildman–Crippen MR) is 57.5 cm³/mol. The average molecular weight is 293 g/mol. The topological polar surface area (TPSA) is 17.8 Å². The Morgan fingerprint density at radius 1 is 1.05 bits per heavy atom. The summed E-state index contributed by atoms with van der Waals surface area (Å²) in [5, 5.41) is 3.55. The fourth-order valence-corrected chi connectivity index (χ4v) is 1.76. The van der Waals surface area contributed by atoms with Crippen LogP contribution in [-0.2, 0) is 19.4 Å². The van der Waals surface area contributed by atoms with Crippen LogP contribution in [0.25, 0.3) is 11.3 Å². The van der Waals surface area contributed by atoms with E-state index in [0.29, 0.717) is 18.2 Å². The molecule has 107 valence electrons. The lowest BCUT2D eigenvalue weighted by molar-refractivity contribution is -0.141. The van der Waals surface area contributed by atoms with Crippen LogP contribution in [0.3, 0.4) is 0 Å². The van der Waals surface area contributed by atoms with Gasteiger partial charge in [0.05, 0.1) is 16.8 Å². The molecule has 8 heteroatoms. The maximum atomic E-state index is 12.9. The highest BCUT2D eigenvalue weighted by Crippen LogP contribution is 2.40. The van der Waals surface area contributed by atoms with Crippen LogP contribution in [-0.4, -0.2) is 9.78 Å². The maximum Gasteiger partial charge on any atom is 0.417 e. The van der Waals surface area contributed by atoms with E-state index in [1.807, 2.05) is 0 Å². The minimum atomic E-state index is -4.76. The molecule has 0 saturated carbocycles. The standard InChI is InChI=1S/C12H7F6N2/c1-20-10(4-5-19-20)8-6-7(11(13,14)15)2-3-9(8)12(16,17)18/h2-4,6H,1H3. The quantitative estimate of drug-likeness (QED) is 0.729. The zero-order valence-corrected chi connectivity index (χ0v) is 9.97. The van der Waals surface area contributed by atoms with Gasteiger partial charge in [-0.05, 0) is 24.3 Å². The van der Waals surface area contributed by atoms with Crippen LogP contribution < -0.4 is 0 Å². The van der Waals surface area contributed by atoms with Crippen molar-refractivity contribution in [2.45, 2.75) is 12.4 Å². The molecule has 1 aromatic carbocycles. The van der Waals surface area contributed by atoms with E-state index in [9.17, 15) is 26.3 Å². The van der Waals surface area contributed by atoms with Crippen molar-refractivity contribution in [1.29, 1.82) is 0 Å². The summed E-state index contributed by atoms with van der Waals surface area (Å²) in [6, 6.07) is 2.40. The van der Waals surface area contributed by atoms with Crippen LogP contribution >= 0.6 is 0 Å². The van der Waals surface area contributed by atoms with Gasteiger partial charge in [0.2, 0.25) is 0 Å². The maximum absolute atomic E-state index is 12.9. The molecule has 0 aliphatic heterocycles. The van der Waals surface area contributed by atoms with Gasteiger partial charge in [0.1, 0.15) is 6.20 Å². The molecule has 2 rings (SSSR count). The molecule has 0 saturated heterocycles. The minimum Gasteiger partial charge on any atom is -0.267 e. The van der Waals surface area contributed by atoms with E-state index in [0.717, 1.165) is 10.7 Å². The predicted octanol–water partition coefficient (Wildman–Crippen LogP) is 3.92. The van der Waals surface area contributed by atoms with Crippen molar-refractivity contribution in [3.8, 4) is 11.3 Å². The molecule has 1 aromatic heterocycles. The smallest absolute Gasteiger partial charge is 0.267 e. The van der Waals surface area contributed by atoms with Gasteiger partial charge in [-0.2, -0.15) is 31.4 Å². The van der Waals surface area contributed by atoms with Gasteiger partial charge in [-0.3, -0.25) is 4.68 Å². The Morgan fingerprint density at radius 2 is 1.70 bits per heavy atom. The lowest BCUT2D eigenvalue weighted by Crippen LogP contribution is -2.12. The van der Waals surface area contributed by atoms with Crippen molar-refractivity contribution in [2.24, 2.45) is 7.05 Å². The fourth-order valence-electron chi connectivity index (χ4n) is 1.76. The highest BCUT2D eigenvalue weighted by Gasteiger charge is 2.37. The first-order chi connectivity index (χ1) is 9.10. The van der Waals surface area contributed by atoms with Crippen molar-refractivity contribution in [2.75, 3.05) is 0 Å². The summed E-state index contributed by atoms with van der Waals surface area (Å²) in [6.45, 7) is 0. The second kappa shape index (κ2) is 4.53. The number of hydrogen-bond donors (Lipinski definition) is 0. The highest BCUT2D eigenvalue weighted by atomic mass is 19.4. The van der Waals surface area contributed by atoms with Gasteiger partial charge < -0.3 is 0 Å². The number of rotatable bonds is 1. The summed E-state index contributed by atoms with van der Waals surface area (Å²) >= 11 is 0. The lowest BCUT2D eigenvalue weighted by Gasteiger charge is -2.15. The van der Waals surface area contributed by atoms with Gasteiger partial charge in [-0.25, -0.2) is 0 Å². The minimum absolute atomic E-state index is 0.0941. The van der Waals surface area contributed by atoms with E-state index in [-0.39, 0.29) is 5.69 Å². The molecule has 0 aliphatic carbocycles. The molecular weight excluding hydrogens is 286 g/mol. The van der Waals surface area contributed by atoms with Crippen molar-refractivity contribution < 1.29 is 26.3 Å². The highest BCUT2D eigenvalue weighted by molar-refractivity contribution is 5.66. The summed E-state index contributed by atoms with van der Waals surface area (Å²) in [7, 11) is 1.33. The second-order valence-corrected chi connectivity index (χ2v) is 4.04. The number of halogens is 6. The van der Waals surface area contributed by atoms with Gasteiger partial charge in [0.15, 0.2) is 0 Å². The molecule has 2 nitrogen and oxygen atoms in total. The molecule has 0 atom stereocenters. The van der Waals surface area contributed by atoms with Gasteiger partial charge in [-0.1, -0.05) is 0 Å². The molecule has 0 unspecified atom stereocenters. The second-order valence-electron chi connectivity index (χ2n) is 4.04. The summed E-state index contributed by atoms with van der Waals surface area (Å²) in [4.78, 5) is 0. The Morgan fingerprint density at radius 3 is 2.15 bits per heavy atom. The number of benzene rings is 1. The van der Waals surface area contributed by atoms with Crippen LogP contribution in [0.1, 0.15) is 11.1 Å². The third-order valence-electron chi connectivity index (χ3n) is 2.69. The number of hydrogen-bond acceptors (Lipinski definition) is 1. The number of alkyl halides is 6. The normalized spacial score (nSPS) is 12.8. The van der Waals surface area contributed by atoms with Crippen molar-refractivity contribution in [3.63, 3.8) is 0 Å². The first-order valence-electron chi connectivity index (χ1n) is 5.29. The number of aromatic nitrogens is 2. The number of nitrogens with zero attached hydrogens (tertiary/aromatic N) is 2. The van der Waals surface area contributed by atoms with E-state index in [1.54, 1.807) is 0 Å². The SMILES string of the molecule is Cn1n[c]cc1-c1cc(C(F)(F)F)ccc1C(F)(F)F. The zero-order valence-electron chi connectivity index (χ0n) is 9.97. The van der Waals surface area contributed by atoms with Gasteiger partial charge in [-0.15, -0.1) is 0 Å². The molecule has 2 aromatic rings. The fraction of sp³-hybridized carbons (Fsp3) is 0.250. The van der Waals surface area contributed by atoms with Crippen molar-refractivity contribution >= 4 is 0 Å². The van der Waals surface area contributed by atoms with Crippen LogP contribution in [0.5, 0.6) is 0 Å². The van der Waals surface area contributed by atoms with E-state index < -0.39 is 29.0 Å². The van der Waals surface area contributed by atoms with Crippen LogP contribution in [0.4, 0.5) is 26.3 Å². The molecule has 0 fully saturated rings. The molecule has 20 heavy (non-hydrogen) atoms. The Balaban J connectivity index is 2.70. The Labute approximate surface area is 109 Å². The van der Waals surface area contributed by atoms with Gasteiger partial charge in [0.25, 0.3) is 0 Å². The van der Waals surface area contributed by atoms with E-state index >= 15 is 0 Å². The Bertz CT molecular complexity index is 624. The molecule has 1 heterocycles. The Kier molecular flexibility index (Phi) is 3.27. The average Bonchev–Trinajstić information content (AvgIpc) is 2.72. The van der Waals surface area contributed by atoms with E-state index in [2.05, 4.69) is 11.3 Å². The van der Waals surface area contributed by atoms with Gasteiger partial charge in [0, 0.05) is 12.6 Å². The molecule has 0 spiro atoms. The lowest BCUT2D eigenvalue weighted by atomic mass is 10.0. The largest absolute Gasteiger partial charge is 0.417 e. The zero-order chi connectivity index (χ0) is 15.1. The molecular formula is C12H7F6N2. The van der Waals surface area contributed by atoms with Gasteiger partial charge >= 0.3 is 12.4 Å². The first-order valence-corrected chi connectivity index (χ1v) is 5.29. The summed E-state index contributed by atoms with van der Waals surface area (Å²) in [5.41, 5.74) is -2.98. The molecule has 0 N–H and O–H groups in total. The molecule has 0 amide bonds. The number of aryl methyl sites for hydroxylation is 1. The van der Waals surface area contributed by atoms with Crippen LogP contribution in [0, 0.1) is 6.20 Å². The molecule has 0 bridgehead atoms. The summed E-state index contributed by atoms with van der Waals surface area (Å²) < 4.78 is 77.6. The molecule has 0 aliphatic rings.